The highest BCUT2D eigenvalue weighted by Gasteiger charge is 2.13. The van der Waals surface area contributed by atoms with Gasteiger partial charge in [-0.2, -0.15) is 5.10 Å². The fourth-order valence-corrected chi connectivity index (χ4v) is 3.29. The van der Waals surface area contributed by atoms with Crippen LogP contribution in [0.3, 0.4) is 0 Å². The van der Waals surface area contributed by atoms with Crippen molar-refractivity contribution in [1.29, 1.82) is 0 Å². The number of thiophene rings is 1. The topological polar surface area (TPSA) is 70.7 Å². The summed E-state index contributed by atoms with van der Waals surface area (Å²) in [6, 6.07) is 5.79. The Labute approximate surface area is 123 Å². The highest BCUT2D eigenvalue weighted by molar-refractivity contribution is 7.20. The Balaban J connectivity index is 1.74. The van der Waals surface area contributed by atoms with Crippen molar-refractivity contribution in [3.05, 3.63) is 40.3 Å². The molecule has 0 saturated carbocycles. The maximum atomic E-state index is 12.1. The normalized spacial score (nSPS) is 10.7. The van der Waals surface area contributed by atoms with E-state index in [0.717, 1.165) is 22.0 Å². The SMILES string of the molecule is CCc1cc(NC(=O)c2csc(-c3cccs3)n2)n[nH]1. The van der Waals surface area contributed by atoms with E-state index >= 15 is 0 Å². The van der Waals surface area contributed by atoms with Crippen molar-refractivity contribution in [3.63, 3.8) is 0 Å². The summed E-state index contributed by atoms with van der Waals surface area (Å²) in [6.07, 6.45) is 0.849. The molecule has 0 aliphatic rings. The van der Waals surface area contributed by atoms with Crippen LogP contribution in [-0.2, 0) is 6.42 Å². The number of hydrogen-bond acceptors (Lipinski definition) is 5. The van der Waals surface area contributed by atoms with Crippen molar-refractivity contribution in [1.82, 2.24) is 15.2 Å². The summed E-state index contributed by atoms with van der Waals surface area (Å²) in [7, 11) is 0. The van der Waals surface area contributed by atoms with Gasteiger partial charge in [0.05, 0.1) is 4.88 Å². The Hall–Kier alpha value is -1.99. The number of amides is 1. The molecular weight excluding hydrogens is 292 g/mol. The third-order valence-electron chi connectivity index (χ3n) is 2.72. The van der Waals surface area contributed by atoms with Crippen LogP contribution < -0.4 is 5.32 Å². The van der Waals surface area contributed by atoms with E-state index < -0.39 is 0 Å². The zero-order valence-corrected chi connectivity index (χ0v) is 12.3. The quantitative estimate of drug-likeness (QED) is 0.776. The second kappa shape index (κ2) is 5.56. The molecule has 5 nitrogen and oxygen atoms in total. The lowest BCUT2D eigenvalue weighted by atomic mass is 10.3. The molecular formula is C13H12N4OS2. The summed E-state index contributed by atoms with van der Waals surface area (Å²) in [6.45, 7) is 2.02. The largest absolute Gasteiger partial charge is 0.304 e. The summed E-state index contributed by atoms with van der Waals surface area (Å²) >= 11 is 3.08. The van der Waals surface area contributed by atoms with Gasteiger partial charge in [0, 0.05) is 17.1 Å². The van der Waals surface area contributed by atoms with Gasteiger partial charge in [0.15, 0.2) is 5.82 Å². The zero-order chi connectivity index (χ0) is 13.9. The highest BCUT2D eigenvalue weighted by atomic mass is 32.1. The van der Waals surface area contributed by atoms with Crippen molar-refractivity contribution in [2.45, 2.75) is 13.3 Å². The van der Waals surface area contributed by atoms with Gasteiger partial charge in [0.2, 0.25) is 0 Å². The lowest BCUT2D eigenvalue weighted by molar-refractivity contribution is 0.102. The number of hydrogen-bond donors (Lipinski definition) is 2. The number of aryl methyl sites for hydroxylation is 1. The van der Waals surface area contributed by atoms with Crippen molar-refractivity contribution in [3.8, 4) is 9.88 Å². The number of carbonyl (C=O) groups excluding carboxylic acids is 1. The first-order valence-corrected chi connectivity index (χ1v) is 7.87. The first-order chi connectivity index (χ1) is 9.76. The molecule has 0 bridgehead atoms. The highest BCUT2D eigenvalue weighted by Crippen LogP contribution is 2.27. The summed E-state index contributed by atoms with van der Waals surface area (Å²) in [5, 5.41) is 14.2. The van der Waals surface area contributed by atoms with Crippen molar-refractivity contribution in [2.24, 2.45) is 0 Å². The van der Waals surface area contributed by atoms with Crippen molar-refractivity contribution >= 4 is 34.4 Å². The van der Waals surface area contributed by atoms with E-state index in [9.17, 15) is 4.79 Å². The van der Waals surface area contributed by atoms with Crippen LogP contribution in [0.2, 0.25) is 0 Å². The summed E-state index contributed by atoms with van der Waals surface area (Å²) < 4.78 is 0. The molecule has 0 aromatic carbocycles. The molecule has 0 unspecified atom stereocenters. The van der Waals surface area contributed by atoms with Gasteiger partial charge in [-0.15, -0.1) is 22.7 Å². The molecule has 0 aliphatic carbocycles. The van der Waals surface area contributed by atoms with E-state index in [2.05, 4.69) is 20.5 Å². The molecule has 3 heterocycles. The monoisotopic (exact) mass is 304 g/mol. The van der Waals surface area contributed by atoms with E-state index in [1.54, 1.807) is 16.7 Å². The average molecular weight is 304 g/mol. The molecule has 1 amide bonds. The number of aromatic amines is 1. The van der Waals surface area contributed by atoms with Gasteiger partial charge in [0.1, 0.15) is 10.7 Å². The van der Waals surface area contributed by atoms with Crippen molar-refractivity contribution < 1.29 is 4.79 Å². The third-order valence-corrected chi connectivity index (χ3v) is 4.60. The van der Waals surface area contributed by atoms with Gasteiger partial charge in [-0.05, 0) is 17.9 Å². The van der Waals surface area contributed by atoms with Gasteiger partial charge in [-0.25, -0.2) is 4.98 Å². The molecule has 7 heteroatoms. The van der Waals surface area contributed by atoms with E-state index in [4.69, 9.17) is 0 Å². The second-order valence-corrected chi connectivity index (χ2v) is 5.91. The van der Waals surface area contributed by atoms with E-state index in [1.807, 2.05) is 30.5 Å². The molecule has 3 rings (SSSR count). The molecule has 0 aliphatic heterocycles. The van der Waals surface area contributed by atoms with Crippen LogP contribution in [0.25, 0.3) is 9.88 Å². The van der Waals surface area contributed by atoms with E-state index in [0.29, 0.717) is 11.5 Å². The predicted octanol–water partition coefficient (Wildman–Crippen LogP) is 3.41. The number of H-pyrrole nitrogens is 1. The fourth-order valence-electron chi connectivity index (χ4n) is 1.68. The van der Waals surface area contributed by atoms with Gasteiger partial charge in [-0.3, -0.25) is 9.89 Å². The van der Waals surface area contributed by atoms with E-state index in [1.165, 1.54) is 11.3 Å². The van der Waals surface area contributed by atoms with Crippen LogP contribution in [0.5, 0.6) is 0 Å². The van der Waals surface area contributed by atoms with Crippen LogP contribution in [-0.4, -0.2) is 21.1 Å². The van der Waals surface area contributed by atoms with E-state index in [-0.39, 0.29) is 5.91 Å². The smallest absolute Gasteiger partial charge is 0.276 e. The number of aromatic nitrogens is 3. The first-order valence-electron chi connectivity index (χ1n) is 6.11. The van der Waals surface area contributed by atoms with Crippen LogP contribution in [0, 0.1) is 0 Å². The number of anilines is 1. The van der Waals surface area contributed by atoms with Crippen LogP contribution >= 0.6 is 22.7 Å². The van der Waals surface area contributed by atoms with Crippen LogP contribution in [0.4, 0.5) is 5.82 Å². The molecule has 3 aromatic rings. The standard InChI is InChI=1S/C13H12N4OS2/c1-2-8-6-11(17-16-8)15-12(18)9-7-20-13(14-9)10-4-3-5-19-10/h3-7H,2H2,1H3,(H2,15,16,17,18). The van der Waals surface area contributed by atoms with Crippen LogP contribution in [0.1, 0.15) is 23.1 Å². The lowest BCUT2D eigenvalue weighted by Gasteiger charge is -1.97. The third kappa shape index (κ3) is 2.63. The molecule has 3 aromatic heterocycles. The summed E-state index contributed by atoms with van der Waals surface area (Å²) in [4.78, 5) is 17.5. The van der Waals surface area contributed by atoms with Gasteiger partial charge in [-0.1, -0.05) is 13.0 Å². The first kappa shape index (κ1) is 13.0. The zero-order valence-electron chi connectivity index (χ0n) is 10.7. The minimum absolute atomic E-state index is 0.238. The molecule has 0 radical (unpaired) electrons. The molecule has 0 fully saturated rings. The second-order valence-electron chi connectivity index (χ2n) is 4.10. The molecule has 102 valence electrons. The Morgan fingerprint density at radius 3 is 3.05 bits per heavy atom. The maximum absolute atomic E-state index is 12.1. The van der Waals surface area contributed by atoms with Crippen molar-refractivity contribution in [2.75, 3.05) is 5.32 Å². The fraction of sp³-hybridized carbons (Fsp3) is 0.154. The average Bonchev–Trinajstić information content (AvgIpc) is 3.19. The molecule has 0 saturated heterocycles. The number of thiazole rings is 1. The molecule has 2 N–H and O–H groups in total. The minimum Gasteiger partial charge on any atom is -0.304 e. The number of nitrogens with one attached hydrogen (secondary N) is 2. The summed E-state index contributed by atoms with van der Waals surface area (Å²) in [5.74, 6) is 0.288. The Kier molecular flexibility index (Phi) is 3.62. The number of carbonyl (C=O) groups is 1. The van der Waals surface area contributed by atoms with Gasteiger partial charge in [0.25, 0.3) is 5.91 Å². The Morgan fingerprint density at radius 1 is 1.45 bits per heavy atom. The number of nitrogens with zero attached hydrogens (tertiary/aromatic N) is 2. The predicted molar refractivity (Wildman–Crippen MR) is 81.3 cm³/mol. The Morgan fingerprint density at radius 2 is 2.35 bits per heavy atom. The molecule has 0 spiro atoms. The maximum Gasteiger partial charge on any atom is 0.276 e. The molecule has 20 heavy (non-hydrogen) atoms. The van der Waals surface area contributed by atoms with Crippen LogP contribution in [0.15, 0.2) is 29.0 Å². The van der Waals surface area contributed by atoms with Gasteiger partial charge >= 0.3 is 0 Å². The Bertz CT molecular complexity index is 714. The number of rotatable bonds is 4. The van der Waals surface area contributed by atoms with Gasteiger partial charge < -0.3 is 5.32 Å². The lowest BCUT2D eigenvalue weighted by Crippen LogP contribution is -2.12. The molecule has 0 atom stereocenters. The summed E-state index contributed by atoms with van der Waals surface area (Å²) in [5.41, 5.74) is 1.40. The minimum atomic E-state index is -0.238.